The monoisotopic (exact) mass is 312 g/mol. The van der Waals surface area contributed by atoms with Gasteiger partial charge in [0.1, 0.15) is 18.2 Å². The highest BCUT2D eigenvalue weighted by atomic mass is 19.1. The summed E-state index contributed by atoms with van der Waals surface area (Å²) in [7, 11) is 4.15. The van der Waals surface area contributed by atoms with Gasteiger partial charge in [-0.2, -0.15) is 0 Å². The number of hydrogen-bond acceptors (Lipinski definition) is 2. The summed E-state index contributed by atoms with van der Waals surface area (Å²) in [5, 5.41) is 1.17. The quantitative estimate of drug-likeness (QED) is 0.686. The van der Waals surface area contributed by atoms with Crippen LogP contribution in [0.4, 0.5) is 4.39 Å². The second-order valence-corrected chi connectivity index (χ2v) is 5.95. The topological polar surface area (TPSA) is 17.4 Å². The third-order valence-electron chi connectivity index (χ3n) is 3.85. The molecule has 1 aromatic heterocycles. The zero-order chi connectivity index (χ0) is 16.2. The summed E-state index contributed by atoms with van der Waals surface area (Å²) >= 11 is 0. The van der Waals surface area contributed by atoms with E-state index in [-0.39, 0.29) is 5.82 Å². The van der Waals surface area contributed by atoms with Crippen molar-refractivity contribution in [2.24, 2.45) is 0 Å². The molecule has 0 bridgehead atoms. The molecule has 2 aromatic carbocycles. The molecule has 3 nitrogen and oxygen atoms in total. The van der Waals surface area contributed by atoms with Gasteiger partial charge in [0.05, 0.1) is 0 Å². The molecule has 0 saturated carbocycles. The Hall–Kier alpha value is -2.33. The highest BCUT2D eigenvalue weighted by molar-refractivity contribution is 5.81. The van der Waals surface area contributed by atoms with Gasteiger partial charge in [0.15, 0.2) is 0 Å². The molecule has 1 heterocycles. The fourth-order valence-electron chi connectivity index (χ4n) is 2.52. The number of ether oxygens (including phenoxy) is 1. The van der Waals surface area contributed by atoms with Crippen LogP contribution in [0, 0.1) is 5.82 Å². The SMILES string of the molecule is CN(C)CCn1ccc2cc(OCc3ccc(F)cc3)ccc21. The lowest BCUT2D eigenvalue weighted by atomic mass is 10.2. The molecule has 0 aliphatic carbocycles. The molecule has 0 saturated heterocycles. The summed E-state index contributed by atoms with van der Waals surface area (Å²) in [4.78, 5) is 2.17. The van der Waals surface area contributed by atoms with E-state index in [0.717, 1.165) is 24.4 Å². The molecule has 3 rings (SSSR count). The fraction of sp³-hybridized carbons (Fsp3) is 0.263. The van der Waals surface area contributed by atoms with E-state index >= 15 is 0 Å². The molecule has 4 heteroatoms. The van der Waals surface area contributed by atoms with E-state index in [1.54, 1.807) is 12.1 Å². The lowest BCUT2D eigenvalue weighted by molar-refractivity contribution is 0.306. The first kappa shape index (κ1) is 15.6. The van der Waals surface area contributed by atoms with Crippen LogP contribution in [0.1, 0.15) is 5.56 Å². The van der Waals surface area contributed by atoms with Crippen molar-refractivity contribution in [3.05, 3.63) is 66.1 Å². The van der Waals surface area contributed by atoms with Gasteiger partial charge in [0.25, 0.3) is 0 Å². The van der Waals surface area contributed by atoms with Crippen molar-refractivity contribution in [1.82, 2.24) is 9.47 Å². The highest BCUT2D eigenvalue weighted by Gasteiger charge is 2.04. The molecule has 0 spiro atoms. The van der Waals surface area contributed by atoms with E-state index in [2.05, 4.69) is 41.9 Å². The Morgan fingerprint density at radius 1 is 1.04 bits per heavy atom. The van der Waals surface area contributed by atoms with E-state index in [4.69, 9.17) is 4.74 Å². The minimum absolute atomic E-state index is 0.228. The zero-order valence-corrected chi connectivity index (χ0v) is 13.5. The molecule has 3 aromatic rings. The van der Waals surface area contributed by atoms with Gasteiger partial charge >= 0.3 is 0 Å². The Morgan fingerprint density at radius 2 is 1.83 bits per heavy atom. The van der Waals surface area contributed by atoms with Gasteiger partial charge < -0.3 is 14.2 Å². The van der Waals surface area contributed by atoms with Crippen LogP contribution in [0.2, 0.25) is 0 Å². The molecule has 120 valence electrons. The number of benzene rings is 2. The Kier molecular flexibility index (Phi) is 4.63. The van der Waals surface area contributed by atoms with Crippen LogP contribution in [-0.2, 0) is 13.2 Å². The van der Waals surface area contributed by atoms with E-state index in [1.807, 2.05) is 12.1 Å². The summed E-state index contributed by atoms with van der Waals surface area (Å²) in [6, 6.07) is 14.6. The maximum absolute atomic E-state index is 12.9. The maximum atomic E-state index is 12.9. The summed E-state index contributed by atoms with van der Waals surface area (Å²) in [5.41, 5.74) is 2.16. The van der Waals surface area contributed by atoms with Crippen LogP contribution in [0.3, 0.4) is 0 Å². The second kappa shape index (κ2) is 6.84. The van der Waals surface area contributed by atoms with Crippen molar-refractivity contribution in [3.63, 3.8) is 0 Å². The molecular formula is C19H21FN2O. The molecule has 0 unspecified atom stereocenters. The first-order chi connectivity index (χ1) is 11.1. The van der Waals surface area contributed by atoms with Gasteiger partial charge in [0.2, 0.25) is 0 Å². The van der Waals surface area contributed by atoms with Crippen LogP contribution < -0.4 is 4.74 Å². The van der Waals surface area contributed by atoms with Gasteiger partial charge in [-0.25, -0.2) is 4.39 Å². The van der Waals surface area contributed by atoms with Gasteiger partial charge in [-0.15, -0.1) is 0 Å². The first-order valence-electron chi connectivity index (χ1n) is 7.73. The minimum atomic E-state index is -0.228. The second-order valence-electron chi connectivity index (χ2n) is 5.95. The van der Waals surface area contributed by atoms with E-state index < -0.39 is 0 Å². The third-order valence-corrected chi connectivity index (χ3v) is 3.85. The molecular weight excluding hydrogens is 291 g/mol. The predicted octanol–water partition coefficient (Wildman–Crippen LogP) is 3.92. The Labute approximate surface area is 135 Å². The maximum Gasteiger partial charge on any atom is 0.123 e. The van der Waals surface area contributed by atoms with Crippen molar-refractivity contribution in [1.29, 1.82) is 0 Å². The van der Waals surface area contributed by atoms with Crippen molar-refractivity contribution >= 4 is 10.9 Å². The molecule has 0 aliphatic rings. The van der Waals surface area contributed by atoms with Crippen molar-refractivity contribution in [2.75, 3.05) is 20.6 Å². The van der Waals surface area contributed by atoms with E-state index in [1.165, 1.54) is 23.0 Å². The van der Waals surface area contributed by atoms with Gasteiger partial charge in [-0.1, -0.05) is 12.1 Å². The lowest BCUT2D eigenvalue weighted by Crippen LogP contribution is -2.17. The molecule has 0 aliphatic heterocycles. The first-order valence-corrected chi connectivity index (χ1v) is 7.73. The lowest BCUT2D eigenvalue weighted by Gasteiger charge is -2.11. The number of aromatic nitrogens is 1. The average molecular weight is 312 g/mol. The normalized spacial score (nSPS) is 11.3. The zero-order valence-electron chi connectivity index (χ0n) is 13.5. The van der Waals surface area contributed by atoms with Crippen LogP contribution in [0.5, 0.6) is 5.75 Å². The Balaban J connectivity index is 1.69. The summed E-state index contributed by atoms with van der Waals surface area (Å²) < 4.78 is 20.9. The van der Waals surface area contributed by atoms with E-state index in [9.17, 15) is 4.39 Å². The minimum Gasteiger partial charge on any atom is -0.489 e. The molecule has 0 N–H and O–H groups in total. The van der Waals surface area contributed by atoms with Crippen LogP contribution in [0.25, 0.3) is 10.9 Å². The van der Waals surface area contributed by atoms with Crippen molar-refractivity contribution < 1.29 is 9.13 Å². The number of fused-ring (bicyclic) bond motifs is 1. The van der Waals surface area contributed by atoms with Gasteiger partial charge in [0, 0.05) is 30.2 Å². The van der Waals surface area contributed by atoms with Gasteiger partial charge in [-0.3, -0.25) is 0 Å². The smallest absolute Gasteiger partial charge is 0.123 e. The van der Waals surface area contributed by atoms with Gasteiger partial charge in [-0.05, 0) is 56.1 Å². The highest BCUT2D eigenvalue weighted by Crippen LogP contribution is 2.23. The number of likely N-dealkylation sites (N-methyl/N-ethyl adjacent to an activating group) is 1. The van der Waals surface area contributed by atoms with Crippen molar-refractivity contribution in [2.45, 2.75) is 13.2 Å². The van der Waals surface area contributed by atoms with Crippen LogP contribution >= 0.6 is 0 Å². The Bertz CT molecular complexity index is 778. The van der Waals surface area contributed by atoms with Crippen LogP contribution in [0.15, 0.2) is 54.7 Å². The number of hydrogen-bond donors (Lipinski definition) is 0. The van der Waals surface area contributed by atoms with Crippen LogP contribution in [-0.4, -0.2) is 30.1 Å². The summed E-state index contributed by atoms with van der Waals surface area (Å²) in [6.07, 6.45) is 2.11. The standard InChI is InChI=1S/C19H21FN2O/c1-21(2)11-12-22-10-9-16-13-18(7-8-19(16)22)23-14-15-3-5-17(20)6-4-15/h3-10,13H,11-12,14H2,1-2H3. The predicted molar refractivity (Wildman–Crippen MR) is 91.2 cm³/mol. The number of nitrogens with zero attached hydrogens (tertiary/aromatic N) is 2. The average Bonchev–Trinajstić information content (AvgIpc) is 2.94. The Morgan fingerprint density at radius 3 is 2.57 bits per heavy atom. The largest absolute Gasteiger partial charge is 0.489 e. The fourth-order valence-corrected chi connectivity index (χ4v) is 2.52. The summed E-state index contributed by atoms with van der Waals surface area (Å²) in [5.74, 6) is 0.599. The number of rotatable bonds is 6. The molecule has 0 amide bonds. The number of halogens is 1. The molecule has 0 fully saturated rings. The molecule has 23 heavy (non-hydrogen) atoms. The van der Waals surface area contributed by atoms with Crippen molar-refractivity contribution in [3.8, 4) is 5.75 Å². The summed E-state index contributed by atoms with van der Waals surface area (Å²) in [6.45, 7) is 2.41. The molecule has 0 radical (unpaired) electrons. The molecule has 0 atom stereocenters. The van der Waals surface area contributed by atoms with E-state index in [0.29, 0.717) is 6.61 Å². The third kappa shape index (κ3) is 3.90.